The molecule has 0 aromatic heterocycles. The number of benzene rings is 2. The number of nitrogens with zero attached hydrogens (tertiary/aromatic N) is 2. The minimum absolute atomic E-state index is 0.108. The second-order valence-corrected chi connectivity index (χ2v) is 7.21. The van der Waals surface area contributed by atoms with Gasteiger partial charge in [0.15, 0.2) is 6.61 Å². The molecule has 27 heavy (non-hydrogen) atoms. The predicted molar refractivity (Wildman–Crippen MR) is 101 cm³/mol. The molecule has 2 aliphatic rings. The molecule has 0 aliphatic carbocycles. The molecule has 2 aromatic carbocycles. The topological polar surface area (TPSA) is 71.0 Å². The molecule has 6 nitrogen and oxygen atoms in total. The smallest absolute Gasteiger partial charge is 0.265 e. The maximum Gasteiger partial charge on any atom is 0.265 e. The van der Waals surface area contributed by atoms with Crippen LogP contribution < -0.4 is 15.1 Å². The van der Waals surface area contributed by atoms with E-state index in [0.29, 0.717) is 29.1 Å². The Balaban J connectivity index is 1.49. The van der Waals surface area contributed by atoms with Gasteiger partial charge < -0.3 is 4.74 Å². The van der Waals surface area contributed by atoms with E-state index in [1.165, 1.54) is 17.0 Å². The summed E-state index contributed by atoms with van der Waals surface area (Å²) in [7, 11) is 0. The van der Waals surface area contributed by atoms with Crippen molar-refractivity contribution in [3.8, 4) is 5.75 Å². The predicted octanol–water partition coefficient (Wildman–Crippen LogP) is 2.57. The van der Waals surface area contributed by atoms with E-state index in [1.807, 2.05) is 0 Å². The number of thioether (sulfide) groups is 1. The van der Waals surface area contributed by atoms with E-state index >= 15 is 0 Å². The first-order valence-electron chi connectivity index (χ1n) is 8.42. The van der Waals surface area contributed by atoms with Crippen molar-refractivity contribution < 1.29 is 18.7 Å². The lowest BCUT2D eigenvalue weighted by atomic mass is 10.1. The summed E-state index contributed by atoms with van der Waals surface area (Å²) in [6.45, 7) is -0.274. The van der Waals surface area contributed by atoms with Gasteiger partial charge >= 0.3 is 0 Å². The molecule has 0 saturated carbocycles. The van der Waals surface area contributed by atoms with Gasteiger partial charge in [-0.05, 0) is 30.3 Å². The number of carbonyl (C=O) groups is 2. The summed E-state index contributed by atoms with van der Waals surface area (Å²) in [5.74, 6) is 0.306. The zero-order chi connectivity index (χ0) is 18.8. The quantitative estimate of drug-likeness (QED) is 0.825. The summed E-state index contributed by atoms with van der Waals surface area (Å²) in [5.41, 5.74) is 4.37. The fraction of sp³-hybridized carbons (Fsp3) is 0.211. The lowest BCUT2D eigenvalue weighted by molar-refractivity contribution is -0.125. The van der Waals surface area contributed by atoms with Gasteiger partial charge in [-0.1, -0.05) is 12.1 Å². The van der Waals surface area contributed by atoms with Gasteiger partial charge in [-0.3, -0.25) is 14.5 Å². The molecule has 138 valence electrons. The van der Waals surface area contributed by atoms with E-state index in [0.717, 1.165) is 10.6 Å². The van der Waals surface area contributed by atoms with Gasteiger partial charge in [-0.15, -0.1) is 11.8 Å². The molecule has 0 spiro atoms. The zero-order valence-electron chi connectivity index (χ0n) is 14.3. The van der Waals surface area contributed by atoms with Crippen LogP contribution in [0.1, 0.15) is 12.0 Å². The van der Waals surface area contributed by atoms with Gasteiger partial charge in [0, 0.05) is 22.6 Å². The molecule has 2 heterocycles. The number of hydrazone groups is 1. The molecular weight excluding hydrogens is 369 g/mol. The SMILES string of the molecule is O=C(CN1C(=O)COc2ccccc21)N/N=C1/CCSc2ccc(F)cc21. The summed E-state index contributed by atoms with van der Waals surface area (Å²) in [6.07, 6.45) is 0.626. The third-order valence-corrected chi connectivity index (χ3v) is 5.35. The van der Waals surface area contributed by atoms with Gasteiger partial charge in [-0.2, -0.15) is 5.10 Å². The van der Waals surface area contributed by atoms with Crippen LogP contribution in [0.15, 0.2) is 52.5 Å². The molecule has 8 heteroatoms. The van der Waals surface area contributed by atoms with E-state index in [1.54, 1.807) is 42.1 Å². The number of halogens is 1. The molecule has 2 aliphatic heterocycles. The van der Waals surface area contributed by atoms with Crippen LogP contribution >= 0.6 is 11.8 Å². The first-order valence-corrected chi connectivity index (χ1v) is 9.41. The summed E-state index contributed by atoms with van der Waals surface area (Å²) in [5, 5.41) is 4.18. The standard InChI is InChI=1S/C19H16FN3O3S/c20-12-5-6-17-13(9-12)14(7-8-27-17)21-22-18(24)10-23-15-3-1-2-4-16(15)26-11-19(23)25/h1-6,9H,7-8,10-11H2,(H,22,24)/b21-14-. The molecular formula is C19H16FN3O3S. The average Bonchev–Trinajstić information content (AvgIpc) is 2.68. The van der Waals surface area contributed by atoms with Crippen LogP contribution in [0.4, 0.5) is 10.1 Å². The Morgan fingerprint density at radius 1 is 1.30 bits per heavy atom. The normalized spacial score (nSPS) is 17.1. The third kappa shape index (κ3) is 3.66. The second kappa shape index (κ2) is 7.40. The van der Waals surface area contributed by atoms with Crippen molar-refractivity contribution in [1.82, 2.24) is 5.43 Å². The van der Waals surface area contributed by atoms with Crippen LogP contribution in [0.2, 0.25) is 0 Å². The van der Waals surface area contributed by atoms with Crippen LogP contribution in [0, 0.1) is 5.82 Å². The third-order valence-electron chi connectivity index (χ3n) is 4.27. The number of para-hydroxylation sites is 2. The fourth-order valence-corrected chi connectivity index (χ4v) is 4.01. The molecule has 1 N–H and O–H groups in total. The number of anilines is 1. The van der Waals surface area contributed by atoms with E-state index < -0.39 is 5.91 Å². The Hall–Kier alpha value is -2.87. The number of carbonyl (C=O) groups excluding carboxylic acids is 2. The number of amides is 2. The van der Waals surface area contributed by atoms with Crippen LogP contribution in [0.25, 0.3) is 0 Å². The second-order valence-electron chi connectivity index (χ2n) is 6.07. The largest absolute Gasteiger partial charge is 0.482 e. The minimum atomic E-state index is -0.427. The van der Waals surface area contributed by atoms with Gasteiger partial charge in [0.05, 0.1) is 11.4 Å². The Labute approximate surface area is 159 Å². The van der Waals surface area contributed by atoms with Crippen molar-refractivity contribution >= 4 is 35.0 Å². The Bertz CT molecular complexity index is 948. The highest BCUT2D eigenvalue weighted by Crippen LogP contribution is 2.32. The molecule has 0 saturated heterocycles. The molecule has 0 bridgehead atoms. The Morgan fingerprint density at radius 2 is 2.15 bits per heavy atom. The summed E-state index contributed by atoms with van der Waals surface area (Å²) in [6, 6.07) is 11.6. The van der Waals surface area contributed by atoms with Gasteiger partial charge in [0.1, 0.15) is 18.1 Å². The first kappa shape index (κ1) is 17.5. The highest BCUT2D eigenvalue weighted by Gasteiger charge is 2.27. The number of nitrogens with one attached hydrogen (secondary N) is 1. The maximum atomic E-state index is 13.6. The number of fused-ring (bicyclic) bond motifs is 2. The first-order chi connectivity index (χ1) is 13.1. The van der Waals surface area contributed by atoms with Crippen LogP contribution in [0.5, 0.6) is 5.75 Å². The average molecular weight is 385 g/mol. The monoisotopic (exact) mass is 385 g/mol. The Morgan fingerprint density at radius 3 is 3.04 bits per heavy atom. The highest BCUT2D eigenvalue weighted by atomic mass is 32.2. The van der Waals surface area contributed by atoms with Crippen LogP contribution in [-0.2, 0) is 9.59 Å². The molecule has 0 radical (unpaired) electrons. The lowest BCUT2D eigenvalue weighted by Gasteiger charge is -2.28. The molecule has 2 amide bonds. The lowest BCUT2D eigenvalue weighted by Crippen LogP contribution is -2.44. The highest BCUT2D eigenvalue weighted by molar-refractivity contribution is 7.99. The fourth-order valence-electron chi connectivity index (χ4n) is 3.00. The summed E-state index contributed by atoms with van der Waals surface area (Å²) >= 11 is 1.63. The van der Waals surface area contributed by atoms with E-state index in [9.17, 15) is 14.0 Å². The minimum Gasteiger partial charge on any atom is -0.482 e. The molecule has 0 atom stereocenters. The molecule has 0 unspecified atom stereocenters. The molecule has 4 rings (SSSR count). The summed E-state index contributed by atoms with van der Waals surface area (Å²) < 4.78 is 18.9. The van der Waals surface area contributed by atoms with Gasteiger partial charge in [0.25, 0.3) is 11.8 Å². The van der Waals surface area contributed by atoms with Crippen LogP contribution in [-0.4, -0.2) is 36.4 Å². The maximum absolute atomic E-state index is 13.6. The molecule has 0 fully saturated rings. The van der Waals surface area contributed by atoms with Crippen molar-refractivity contribution in [2.75, 3.05) is 23.8 Å². The molecule has 2 aromatic rings. The summed E-state index contributed by atoms with van der Waals surface area (Å²) in [4.78, 5) is 26.8. The number of hydrogen-bond acceptors (Lipinski definition) is 5. The zero-order valence-corrected chi connectivity index (χ0v) is 15.1. The van der Waals surface area contributed by atoms with Crippen molar-refractivity contribution in [3.63, 3.8) is 0 Å². The van der Waals surface area contributed by atoms with E-state index in [4.69, 9.17) is 4.74 Å². The van der Waals surface area contributed by atoms with Crippen molar-refractivity contribution in [3.05, 3.63) is 53.8 Å². The van der Waals surface area contributed by atoms with Crippen molar-refractivity contribution in [2.24, 2.45) is 5.10 Å². The van der Waals surface area contributed by atoms with Crippen LogP contribution in [0.3, 0.4) is 0 Å². The van der Waals surface area contributed by atoms with Gasteiger partial charge in [0.2, 0.25) is 0 Å². The number of rotatable bonds is 3. The number of hydrogen-bond donors (Lipinski definition) is 1. The van der Waals surface area contributed by atoms with E-state index in [2.05, 4.69) is 10.5 Å². The van der Waals surface area contributed by atoms with Gasteiger partial charge in [-0.25, -0.2) is 9.82 Å². The van der Waals surface area contributed by atoms with Crippen molar-refractivity contribution in [2.45, 2.75) is 11.3 Å². The number of ether oxygens (including phenoxy) is 1. The Kier molecular flexibility index (Phi) is 4.81. The van der Waals surface area contributed by atoms with E-state index in [-0.39, 0.29) is 24.9 Å². The van der Waals surface area contributed by atoms with Crippen molar-refractivity contribution in [1.29, 1.82) is 0 Å².